The van der Waals surface area contributed by atoms with E-state index in [9.17, 15) is 0 Å². The van der Waals surface area contributed by atoms with Gasteiger partial charge in [0.2, 0.25) is 0 Å². The van der Waals surface area contributed by atoms with Gasteiger partial charge < -0.3 is 9.64 Å². The highest BCUT2D eigenvalue weighted by Gasteiger charge is 2.25. The lowest BCUT2D eigenvalue weighted by Gasteiger charge is -2.24. The van der Waals surface area contributed by atoms with Gasteiger partial charge in [0, 0.05) is 13.7 Å². The molecule has 17 heavy (non-hydrogen) atoms. The average molecular weight is 235 g/mol. The summed E-state index contributed by atoms with van der Waals surface area (Å²) >= 11 is 0. The Kier molecular flexibility index (Phi) is 3.94. The highest BCUT2D eigenvalue weighted by molar-refractivity contribution is 5.39. The van der Waals surface area contributed by atoms with Gasteiger partial charge >= 0.3 is 0 Å². The molecule has 0 radical (unpaired) electrons. The smallest absolute Gasteiger partial charge is 0.147 e. The van der Waals surface area contributed by atoms with Crippen molar-refractivity contribution in [3.63, 3.8) is 0 Å². The topological polar surface area (TPSA) is 38.2 Å². The minimum Gasteiger partial charge on any atom is -0.383 e. The molecule has 0 amide bonds. The van der Waals surface area contributed by atoms with Gasteiger partial charge in [0.1, 0.15) is 5.82 Å². The maximum absolute atomic E-state index is 5.25. The molecule has 1 saturated heterocycles. The molecular formula is C13H21N3O. The lowest BCUT2D eigenvalue weighted by Crippen LogP contribution is -2.33. The Balaban J connectivity index is 2.10. The minimum atomic E-state index is 0.435. The summed E-state index contributed by atoms with van der Waals surface area (Å²) in [4.78, 5) is 11.3. The third kappa shape index (κ3) is 2.75. The van der Waals surface area contributed by atoms with Crippen molar-refractivity contribution in [2.75, 3.05) is 25.2 Å². The zero-order valence-corrected chi connectivity index (χ0v) is 10.9. The van der Waals surface area contributed by atoms with Crippen LogP contribution in [0.15, 0.2) is 12.4 Å². The monoisotopic (exact) mass is 235 g/mol. The summed E-state index contributed by atoms with van der Waals surface area (Å²) in [6, 6.07) is 0.458. The largest absolute Gasteiger partial charge is 0.383 e. The summed E-state index contributed by atoms with van der Waals surface area (Å²) in [7, 11) is 1.75. The second-order valence-electron chi connectivity index (χ2n) is 4.90. The van der Waals surface area contributed by atoms with Crippen LogP contribution in [-0.4, -0.2) is 36.3 Å². The van der Waals surface area contributed by atoms with Crippen LogP contribution >= 0.6 is 0 Å². The quantitative estimate of drug-likeness (QED) is 0.802. The molecule has 0 aromatic carbocycles. The number of methoxy groups -OCH3 is 1. The van der Waals surface area contributed by atoms with Crippen molar-refractivity contribution in [2.45, 2.75) is 38.6 Å². The second-order valence-corrected chi connectivity index (χ2v) is 4.90. The number of hydrogen-bond donors (Lipinski definition) is 0. The highest BCUT2D eigenvalue weighted by atomic mass is 16.5. The third-order valence-corrected chi connectivity index (χ3v) is 3.28. The first-order valence-corrected chi connectivity index (χ1v) is 6.30. The van der Waals surface area contributed by atoms with Crippen molar-refractivity contribution in [1.29, 1.82) is 0 Å². The van der Waals surface area contributed by atoms with E-state index in [0.717, 1.165) is 24.7 Å². The average Bonchev–Trinajstić information content (AvgIpc) is 2.78. The molecule has 94 valence electrons. The zero-order valence-electron chi connectivity index (χ0n) is 10.9. The van der Waals surface area contributed by atoms with Gasteiger partial charge in [0.15, 0.2) is 0 Å². The number of ether oxygens (including phenoxy) is 1. The number of hydrogen-bond acceptors (Lipinski definition) is 4. The molecule has 1 aliphatic heterocycles. The van der Waals surface area contributed by atoms with Crippen LogP contribution in [0.1, 0.15) is 38.3 Å². The van der Waals surface area contributed by atoms with Gasteiger partial charge in [-0.2, -0.15) is 0 Å². The van der Waals surface area contributed by atoms with Crippen LogP contribution in [0.2, 0.25) is 0 Å². The number of rotatable bonds is 4. The number of anilines is 1. The summed E-state index contributed by atoms with van der Waals surface area (Å²) < 4.78 is 5.25. The summed E-state index contributed by atoms with van der Waals surface area (Å²) in [5.41, 5.74) is 1.05. The van der Waals surface area contributed by atoms with Crippen molar-refractivity contribution in [1.82, 2.24) is 9.97 Å². The van der Waals surface area contributed by atoms with Gasteiger partial charge in [0.05, 0.1) is 30.7 Å². The van der Waals surface area contributed by atoms with Gasteiger partial charge in [-0.25, -0.2) is 4.98 Å². The van der Waals surface area contributed by atoms with Crippen molar-refractivity contribution in [3.05, 3.63) is 18.1 Å². The Morgan fingerprint density at radius 2 is 2.24 bits per heavy atom. The van der Waals surface area contributed by atoms with Crippen LogP contribution < -0.4 is 4.90 Å². The fraction of sp³-hybridized carbons (Fsp3) is 0.692. The maximum Gasteiger partial charge on any atom is 0.147 e. The predicted molar refractivity (Wildman–Crippen MR) is 68.4 cm³/mol. The van der Waals surface area contributed by atoms with E-state index < -0.39 is 0 Å². The normalized spacial score (nSPS) is 20.2. The Hall–Kier alpha value is -1.16. The standard InChI is InChI=1S/C13H21N3O/c1-10(2)12-7-15-13(8-14-12)16-6-4-5-11(16)9-17-3/h7-8,10-11H,4-6,9H2,1-3H3. The van der Waals surface area contributed by atoms with Crippen molar-refractivity contribution >= 4 is 5.82 Å². The van der Waals surface area contributed by atoms with Gasteiger partial charge in [-0.3, -0.25) is 4.98 Å². The summed E-state index contributed by atoms with van der Waals surface area (Å²) in [5, 5.41) is 0. The van der Waals surface area contributed by atoms with E-state index in [1.165, 1.54) is 12.8 Å². The molecule has 0 bridgehead atoms. The van der Waals surface area contributed by atoms with E-state index in [2.05, 4.69) is 28.7 Å². The van der Waals surface area contributed by atoms with E-state index in [1.807, 2.05) is 12.4 Å². The molecule has 2 heterocycles. The van der Waals surface area contributed by atoms with Crippen LogP contribution in [0.25, 0.3) is 0 Å². The molecule has 1 aromatic heterocycles. The molecule has 0 aliphatic carbocycles. The maximum atomic E-state index is 5.25. The second kappa shape index (κ2) is 5.45. The number of nitrogens with zero attached hydrogens (tertiary/aromatic N) is 3. The molecule has 0 saturated carbocycles. The highest BCUT2D eigenvalue weighted by Crippen LogP contribution is 2.23. The van der Waals surface area contributed by atoms with E-state index in [4.69, 9.17) is 4.74 Å². The van der Waals surface area contributed by atoms with Crippen LogP contribution in [0.4, 0.5) is 5.82 Å². The Morgan fingerprint density at radius 1 is 1.41 bits per heavy atom. The van der Waals surface area contributed by atoms with E-state index in [0.29, 0.717) is 12.0 Å². The van der Waals surface area contributed by atoms with Gasteiger partial charge in [0.25, 0.3) is 0 Å². The molecule has 4 heteroatoms. The minimum absolute atomic E-state index is 0.435. The van der Waals surface area contributed by atoms with Crippen LogP contribution in [-0.2, 0) is 4.74 Å². The molecule has 1 atom stereocenters. The Morgan fingerprint density at radius 3 is 2.82 bits per heavy atom. The zero-order chi connectivity index (χ0) is 12.3. The first kappa shape index (κ1) is 12.3. The van der Waals surface area contributed by atoms with E-state index >= 15 is 0 Å². The lowest BCUT2D eigenvalue weighted by molar-refractivity contribution is 0.180. The fourth-order valence-electron chi connectivity index (χ4n) is 2.28. The summed E-state index contributed by atoms with van der Waals surface area (Å²) in [6.45, 7) is 6.10. The van der Waals surface area contributed by atoms with Crippen LogP contribution in [0.3, 0.4) is 0 Å². The van der Waals surface area contributed by atoms with Gasteiger partial charge in [-0.15, -0.1) is 0 Å². The molecule has 1 fully saturated rings. The molecule has 4 nitrogen and oxygen atoms in total. The predicted octanol–water partition coefficient (Wildman–Crippen LogP) is 2.22. The molecule has 1 unspecified atom stereocenters. The van der Waals surface area contributed by atoms with Crippen molar-refractivity contribution < 1.29 is 4.74 Å². The first-order valence-electron chi connectivity index (χ1n) is 6.30. The molecule has 1 aromatic rings. The van der Waals surface area contributed by atoms with Crippen LogP contribution in [0.5, 0.6) is 0 Å². The van der Waals surface area contributed by atoms with E-state index in [1.54, 1.807) is 7.11 Å². The molecule has 0 spiro atoms. The lowest BCUT2D eigenvalue weighted by atomic mass is 10.1. The van der Waals surface area contributed by atoms with Crippen molar-refractivity contribution in [2.24, 2.45) is 0 Å². The SMILES string of the molecule is COCC1CCCN1c1cnc(C(C)C)cn1. The first-order chi connectivity index (χ1) is 8.22. The molecular weight excluding hydrogens is 214 g/mol. The van der Waals surface area contributed by atoms with Gasteiger partial charge in [-0.05, 0) is 18.8 Å². The Bertz CT molecular complexity index is 350. The van der Waals surface area contributed by atoms with Crippen molar-refractivity contribution in [3.8, 4) is 0 Å². The molecule has 1 aliphatic rings. The van der Waals surface area contributed by atoms with Crippen LogP contribution in [0, 0.1) is 0 Å². The summed E-state index contributed by atoms with van der Waals surface area (Å²) in [5.74, 6) is 1.42. The molecule has 2 rings (SSSR count). The van der Waals surface area contributed by atoms with E-state index in [-0.39, 0.29) is 0 Å². The molecule has 0 N–H and O–H groups in total. The fourth-order valence-corrected chi connectivity index (χ4v) is 2.28. The summed E-state index contributed by atoms with van der Waals surface area (Å²) in [6.07, 6.45) is 6.18. The van der Waals surface area contributed by atoms with Gasteiger partial charge in [-0.1, -0.05) is 13.8 Å². The Labute approximate surface area is 103 Å². The number of aromatic nitrogens is 2. The third-order valence-electron chi connectivity index (χ3n) is 3.28.